The molecule has 3 saturated carbocycles. The van der Waals surface area contributed by atoms with Crippen LogP contribution < -0.4 is 10.2 Å². The SMILES string of the molecule is O=C(NC1CC2CN(c3cc(C4CC4)nc(Cl)n3)CC21)C1(O)CC1. The molecule has 3 atom stereocenters. The second-order valence-corrected chi connectivity index (χ2v) is 8.21. The second kappa shape index (κ2) is 5.05. The van der Waals surface area contributed by atoms with Gasteiger partial charge in [0, 0.05) is 37.0 Å². The number of aromatic nitrogens is 2. The van der Waals surface area contributed by atoms with Gasteiger partial charge in [-0.05, 0) is 49.6 Å². The van der Waals surface area contributed by atoms with E-state index in [1.54, 1.807) is 0 Å². The minimum absolute atomic E-state index is 0.178. The van der Waals surface area contributed by atoms with E-state index in [-0.39, 0.29) is 11.9 Å². The summed E-state index contributed by atoms with van der Waals surface area (Å²) < 4.78 is 0. The smallest absolute Gasteiger partial charge is 0.252 e. The number of rotatable bonds is 4. The normalized spacial score (nSPS) is 32.9. The highest BCUT2D eigenvalue weighted by atomic mass is 35.5. The molecule has 4 fully saturated rings. The van der Waals surface area contributed by atoms with Gasteiger partial charge in [0.25, 0.3) is 5.91 Å². The Labute approximate surface area is 145 Å². The average Bonchev–Trinajstić information content (AvgIpc) is 3.44. The Kier molecular flexibility index (Phi) is 3.14. The van der Waals surface area contributed by atoms with E-state index < -0.39 is 5.60 Å². The third kappa shape index (κ3) is 2.47. The molecule has 1 amide bonds. The van der Waals surface area contributed by atoms with Crippen LogP contribution in [-0.2, 0) is 4.79 Å². The Morgan fingerprint density at radius 3 is 2.83 bits per heavy atom. The van der Waals surface area contributed by atoms with E-state index in [0.29, 0.717) is 35.9 Å². The molecule has 7 heteroatoms. The summed E-state index contributed by atoms with van der Waals surface area (Å²) in [5.41, 5.74) is -0.0204. The van der Waals surface area contributed by atoms with Gasteiger partial charge < -0.3 is 15.3 Å². The fourth-order valence-corrected chi connectivity index (χ4v) is 4.27. The molecule has 4 aliphatic rings. The third-order valence-corrected chi connectivity index (χ3v) is 6.22. The number of carbonyl (C=O) groups excluding carboxylic acids is 1. The van der Waals surface area contributed by atoms with Crippen LogP contribution in [0.1, 0.15) is 43.7 Å². The van der Waals surface area contributed by atoms with Gasteiger partial charge in [-0.2, -0.15) is 0 Å². The zero-order chi connectivity index (χ0) is 16.5. The predicted octanol–water partition coefficient (Wildman–Crippen LogP) is 1.47. The standard InChI is InChI=1S/C17H21ClN4O2/c18-16-20-12(9-1-2-9)6-14(21-16)22-7-10-5-13(11(10)8-22)19-15(23)17(24)3-4-17/h6,9-11,13,24H,1-5,7-8H2,(H,19,23). The fraction of sp³-hybridized carbons (Fsp3) is 0.706. The average molecular weight is 349 g/mol. The molecule has 0 bridgehead atoms. The number of hydrogen-bond acceptors (Lipinski definition) is 5. The number of hydrogen-bond donors (Lipinski definition) is 2. The second-order valence-electron chi connectivity index (χ2n) is 7.87. The van der Waals surface area contributed by atoms with E-state index in [2.05, 4.69) is 26.3 Å². The van der Waals surface area contributed by atoms with Gasteiger partial charge in [-0.25, -0.2) is 9.97 Å². The molecule has 1 aliphatic heterocycles. The van der Waals surface area contributed by atoms with E-state index in [9.17, 15) is 9.90 Å². The molecule has 0 spiro atoms. The molecule has 6 nitrogen and oxygen atoms in total. The van der Waals surface area contributed by atoms with E-state index in [1.165, 1.54) is 12.8 Å². The van der Waals surface area contributed by atoms with Crippen molar-refractivity contribution >= 4 is 23.3 Å². The quantitative estimate of drug-likeness (QED) is 0.806. The van der Waals surface area contributed by atoms with E-state index in [1.807, 2.05) is 0 Å². The molecule has 2 N–H and O–H groups in total. The fourth-order valence-electron chi connectivity index (χ4n) is 4.08. The van der Waals surface area contributed by atoms with Crippen molar-refractivity contribution in [1.82, 2.24) is 15.3 Å². The van der Waals surface area contributed by atoms with Crippen LogP contribution in [-0.4, -0.2) is 45.7 Å². The summed E-state index contributed by atoms with van der Waals surface area (Å²) in [6.07, 6.45) is 4.55. The molecule has 0 aromatic carbocycles. The lowest BCUT2D eigenvalue weighted by Crippen LogP contribution is -2.54. The number of aliphatic hydroxyl groups is 1. The van der Waals surface area contributed by atoms with Crippen LogP contribution >= 0.6 is 11.6 Å². The van der Waals surface area contributed by atoms with Crippen LogP contribution in [0.3, 0.4) is 0 Å². The Hall–Kier alpha value is -1.40. The van der Waals surface area contributed by atoms with Crippen LogP contribution in [0, 0.1) is 11.8 Å². The predicted molar refractivity (Wildman–Crippen MR) is 88.9 cm³/mol. The molecule has 5 rings (SSSR count). The molecular weight excluding hydrogens is 328 g/mol. The maximum Gasteiger partial charge on any atom is 0.252 e. The maximum atomic E-state index is 12.0. The zero-order valence-electron chi connectivity index (χ0n) is 13.4. The lowest BCUT2D eigenvalue weighted by molar-refractivity contribution is -0.133. The van der Waals surface area contributed by atoms with Gasteiger partial charge in [0.2, 0.25) is 5.28 Å². The Morgan fingerprint density at radius 2 is 2.12 bits per heavy atom. The highest BCUT2D eigenvalue weighted by molar-refractivity contribution is 6.28. The summed E-state index contributed by atoms with van der Waals surface area (Å²) in [6, 6.07) is 2.26. The van der Waals surface area contributed by atoms with Crippen LogP contribution in [0.2, 0.25) is 5.28 Å². The van der Waals surface area contributed by atoms with E-state index in [0.717, 1.165) is 31.0 Å². The van der Waals surface area contributed by atoms with Crippen molar-refractivity contribution in [2.24, 2.45) is 11.8 Å². The van der Waals surface area contributed by atoms with Gasteiger partial charge in [-0.15, -0.1) is 0 Å². The minimum Gasteiger partial charge on any atom is -0.380 e. The van der Waals surface area contributed by atoms with Gasteiger partial charge >= 0.3 is 0 Å². The lowest BCUT2D eigenvalue weighted by atomic mass is 9.71. The van der Waals surface area contributed by atoms with Gasteiger partial charge in [-0.1, -0.05) is 0 Å². The third-order valence-electron chi connectivity index (χ3n) is 6.05. The minimum atomic E-state index is -1.08. The van der Waals surface area contributed by atoms with Crippen molar-refractivity contribution in [3.63, 3.8) is 0 Å². The van der Waals surface area contributed by atoms with Gasteiger partial charge in [0.05, 0.1) is 5.69 Å². The molecule has 24 heavy (non-hydrogen) atoms. The number of nitrogens with one attached hydrogen (secondary N) is 1. The van der Waals surface area contributed by atoms with Crippen LogP contribution in [0.25, 0.3) is 0 Å². The van der Waals surface area contributed by atoms with Crippen LogP contribution in [0.5, 0.6) is 0 Å². The number of nitrogens with zero attached hydrogens (tertiary/aromatic N) is 3. The number of amides is 1. The monoisotopic (exact) mass is 348 g/mol. The maximum absolute atomic E-state index is 12.0. The van der Waals surface area contributed by atoms with Crippen molar-refractivity contribution < 1.29 is 9.90 Å². The Balaban J connectivity index is 1.27. The lowest BCUT2D eigenvalue weighted by Gasteiger charge is -2.40. The number of carbonyl (C=O) groups is 1. The summed E-state index contributed by atoms with van der Waals surface area (Å²) in [4.78, 5) is 23.1. The van der Waals surface area contributed by atoms with Gasteiger partial charge in [0.15, 0.2) is 0 Å². The Morgan fingerprint density at radius 1 is 1.33 bits per heavy atom. The largest absolute Gasteiger partial charge is 0.380 e. The molecule has 128 valence electrons. The van der Waals surface area contributed by atoms with Crippen molar-refractivity contribution in [3.8, 4) is 0 Å². The van der Waals surface area contributed by atoms with Gasteiger partial charge in [0.1, 0.15) is 11.4 Å². The zero-order valence-corrected chi connectivity index (χ0v) is 14.2. The summed E-state index contributed by atoms with van der Waals surface area (Å²) in [6.45, 7) is 1.84. The first-order chi connectivity index (χ1) is 11.5. The summed E-state index contributed by atoms with van der Waals surface area (Å²) in [5.74, 6) is 2.30. The molecule has 1 aromatic heterocycles. The van der Waals surface area contributed by atoms with Crippen LogP contribution in [0.15, 0.2) is 6.07 Å². The first kappa shape index (κ1) is 14.9. The Bertz CT molecular complexity index is 704. The topological polar surface area (TPSA) is 78.4 Å². The first-order valence-electron chi connectivity index (χ1n) is 8.85. The number of halogens is 1. The highest BCUT2D eigenvalue weighted by Crippen LogP contribution is 2.45. The van der Waals surface area contributed by atoms with E-state index in [4.69, 9.17) is 11.6 Å². The number of fused-ring (bicyclic) bond motifs is 1. The van der Waals surface area contributed by atoms with Crippen molar-refractivity contribution in [2.45, 2.75) is 49.7 Å². The van der Waals surface area contributed by atoms with Crippen molar-refractivity contribution in [1.29, 1.82) is 0 Å². The summed E-state index contributed by atoms with van der Waals surface area (Å²) >= 11 is 6.11. The van der Waals surface area contributed by atoms with Crippen molar-refractivity contribution in [2.75, 3.05) is 18.0 Å². The molecule has 2 heterocycles. The van der Waals surface area contributed by atoms with E-state index >= 15 is 0 Å². The molecule has 1 saturated heterocycles. The first-order valence-corrected chi connectivity index (χ1v) is 9.22. The molecule has 3 aliphatic carbocycles. The highest BCUT2D eigenvalue weighted by Gasteiger charge is 2.53. The molecule has 3 unspecified atom stereocenters. The molecule has 1 aromatic rings. The summed E-state index contributed by atoms with van der Waals surface area (Å²) in [7, 11) is 0. The summed E-state index contributed by atoms with van der Waals surface area (Å²) in [5, 5.41) is 13.3. The molecule has 0 radical (unpaired) electrons. The van der Waals surface area contributed by atoms with Gasteiger partial charge in [-0.3, -0.25) is 4.79 Å². The van der Waals surface area contributed by atoms with Crippen molar-refractivity contribution in [3.05, 3.63) is 17.0 Å². The molecular formula is C17H21ClN4O2. The van der Waals surface area contributed by atoms with Crippen LogP contribution in [0.4, 0.5) is 5.82 Å². The number of anilines is 1.